The molecule has 0 saturated heterocycles. The van der Waals surface area contributed by atoms with Crippen molar-refractivity contribution in [1.29, 1.82) is 0 Å². The Morgan fingerprint density at radius 3 is 1.25 bits per heavy atom. The summed E-state index contributed by atoms with van der Waals surface area (Å²) in [6, 6.07) is 0. The van der Waals surface area contributed by atoms with Crippen molar-refractivity contribution in [2.45, 2.75) is 13.8 Å². The summed E-state index contributed by atoms with van der Waals surface area (Å²) in [6.07, 6.45) is 12.0. The molecule has 0 unspecified atom stereocenters. The molecule has 0 heterocycles. The predicted molar refractivity (Wildman–Crippen MR) is 63.2 cm³/mol. The van der Waals surface area contributed by atoms with E-state index in [-0.39, 0.29) is 0 Å². The largest absolute Gasteiger partial charge is 0.478 e. The smallest absolute Gasteiger partial charge is 0.328 e. The lowest BCUT2D eigenvalue weighted by atomic mass is 10.4. The van der Waals surface area contributed by atoms with Crippen LogP contribution >= 0.6 is 0 Å². The summed E-state index contributed by atoms with van der Waals surface area (Å²) in [7, 11) is 0. The van der Waals surface area contributed by atoms with Gasteiger partial charge >= 0.3 is 11.9 Å². The first-order chi connectivity index (χ1) is 7.54. The molecule has 0 aromatic heterocycles. The molecule has 0 bridgehead atoms. The number of hydrogen-bond donors (Lipinski definition) is 2. The quantitative estimate of drug-likeness (QED) is 0.568. The molecule has 16 heavy (non-hydrogen) atoms. The Labute approximate surface area is 94.9 Å². The molecule has 0 aliphatic rings. The first-order valence-corrected chi connectivity index (χ1v) is 4.59. The fourth-order valence-electron chi connectivity index (χ4n) is 0.498. The molecule has 0 saturated carbocycles. The van der Waals surface area contributed by atoms with Gasteiger partial charge in [0.1, 0.15) is 0 Å². The Morgan fingerprint density at radius 1 is 0.750 bits per heavy atom. The van der Waals surface area contributed by atoms with E-state index in [1.54, 1.807) is 24.3 Å². The highest BCUT2D eigenvalue weighted by atomic mass is 16.4. The number of rotatable bonds is 4. The van der Waals surface area contributed by atoms with Crippen LogP contribution in [0.25, 0.3) is 0 Å². The van der Waals surface area contributed by atoms with Crippen LogP contribution in [0.15, 0.2) is 48.6 Å². The third kappa shape index (κ3) is 22.7. The molecule has 0 aliphatic carbocycles. The predicted octanol–water partition coefficient (Wildman–Crippen LogP) is 2.41. The molecule has 4 nitrogen and oxygen atoms in total. The molecule has 2 N–H and O–H groups in total. The summed E-state index contributed by atoms with van der Waals surface area (Å²) in [5, 5.41) is 16.0. The summed E-state index contributed by atoms with van der Waals surface area (Å²) in [6.45, 7) is 3.65. The van der Waals surface area contributed by atoms with Crippen molar-refractivity contribution in [3.8, 4) is 0 Å². The van der Waals surface area contributed by atoms with Crippen molar-refractivity contribution >= 4 is 11.9 Å². The third-order valence-corrected chi connectivity index (χ3v) is 1.08. The van der Waals surface area contributed by atoms with E-state index in [1.807, 2.05) is 13.8 Å². The van der Waals surface area contributed by atoms with Crippen molar-refractivity contribution < 1.29 is 19.8 Å². The van der Waals surface area contributed by atoms with Crippen LogP contribution in [-0.2, 0) is 9.59 Å². The second-order valence-corrected chi connectivity index (χ2v) is 2.45. The zero-order chi connectivity index (χ0) is 12.8. The van der Waals surface area contributed by atoms with Gasteiger partial charge in [0.2, 0.25) is 0 Å². The molecule has 0 aromatic rings. The number of carbonyl (C=O) groups is 2. The van der Waals surface area contributed by atoms with Gasteiger partial charge in [-0.15, -0.1) is 0 Å². The summed E-state index contributed by atoms with van der Waals surface area (Å²) in [5.41, 5.74) is 0. The van der Waals surface area contributed by atoms with E-state index in [0.717, 1.165) is 12.2 Å². The first-order valence-electron chi connectivity index (χ1n) is 4.59. The van der Waals surface area contributed by atoms with Crippen molar-refractivity contribution in [1.82, 2.24) is 0 Å². The van der Waals surface area contributed by atoms with Gasteiger partial charge in [0.05, 0.1) is 0 Å². The van der Waals surface area contributed by atoms with Gasteiger partial charge in [0.25, 0.3) is 0 Å². The van der Waals surface area contributed by atoms with Gasteiger partial charge in [-0.25, -0.2) is 9.59 Å². The fourth-order valence-corrected chi connectivity index (χ4v) is 0.498. The van der Waals surface area contributed by atoms with E-state index < -0.39 is 11.9 Å². The highest BCUT2D eigenvalue weighted by Gasteiger charge is 1.79. The Balaban J connectivity index is 0. The Morgan fingerprint density at radius 2 is 1.06 bits per heavy atom. The van der Waals surface area contributed by atoms with Crippen molar-refractivity contribution in [2.75, 3.05) is 0 Å². The minimum absolute atomic E-state index is 0.914. The molecule has 0 spiro atoms. The van der Waals surface area contributed by atoms with Crippen LogP contribution in [0.2, 0.25) is 0 Å². The summed E-state index contributed by atoms with van der Waals surface area (Å²) >= 11 is 0. The Bertz CT molecular complexity index is 277. The number of hydrogen-bond acceptors (Lipinski definition) is 2. The van der Waals surface area contributed by atoms with Gasteiger partial charge in [-0.2, -0.15) is 0 Å². The molecule has 0 aliphatic heterocycles. The second kappa shape index (κ2) is 12.9. The first kappa shape index (κ1) is 16.3. The Hall–Kier alpha value is -2.10. The van der Waals surface area contributed by atoms with Crippen molar-refractivity contribution in [2.24, 2.45) is 0 Å². The average Bonchev–Trinajstić information content (AvgIpc) is 2.18. The van der Waals surface area contributed by atoms with E-state index in [2.05, 4.69) is 0 Å². The van der Waals surface area contributed by atoms with Crippen LogP contribution in [0.5, 0.6) is 0 Å². The van der Waals surface area contributed by atoms with Gasteiger partial charge in [0, 0.05) is 12.2 Å². The van der Waals surface area contributed by atoms with E-state index in [9.17, 15) is 9.59 Å². The van der Waals surface area contributed by atoms with E-state index in [1.165, 1.54) is 12.2 Å². The van der Waals surface area contributed by atoms with Gasteiger partial charge in [-0.1, -0.05) is 36.5 Å². The molecular formula is C12H16O4. The maximum absolute atomic E-state index is 9.75. The van der Waals surface area contributed by atoms with Crippen molar-refractivity contribution in [3.63, 3.8) is 0 Å². The minimum Gasteiger partial charge on any atom is -0.478 e. The molecule has 0 radical (unpaired) electrons. The highest BCUT2D eigenvalue weighted by molar-refractivity contribution is 5.80. The van der Waals surface area contributed by atoms with Gasteiger partial charge in [0.15, 0.2) is 0 Å². The van der Waals surface area contributed by atoms with Crippen LogP contribution in [0, 0.1) is 0 Å². The molecule has 0 rings (SSSR count). The van der Waals surface area contributed by atoms with Crippen LogP contribution in [0.3, 0.4) is 0 Å². The number of aliphatic carboxylic acids is 2. The standard InChI is InChI=1S/2C6H8O2/c2*1-2-3-4-5-6(7)8/h2*2-5H,1H3,(H,7,8)/b2*3-2+,5-4+. The third-order valence-electron chi connectivity index (χ3n) is 1.08. The average molecular weight is 224 g/mol. The number of carboxylic acids is 2. The highest BCUT2D eigenvalue weighted by Crippen LogP contribution is 1.75. The monoisotopic (exact) mass is 224 g/mol. The normalized spacial score (nSPS) is 11.1. The maximum Gasteiger partial charge on any atom is 0.328 e. The maximum atomic E-state index is 9.75. The second-order valence-electron chi connectivity index (χ2n) is 2.45. The fraction of sp³-hybridized carbons (Fsp3) is 0.167. The molecule has 0 amide bonds. The summed E-state index contributed by atoms with van der Waals surface area (Å²) in [5.74, 6) is -1.83. The molecular weight excluding hydrogens is 208 g/mol. The lowest BCUT2D eigenvalue weighted by Gasteiger charge is -1.72. The van der Waals surface area contributed by atoms with Crippen LogP contribution in [0.4, 0.5) is 0 Å². The van der Waals surface area contributed by atoms with Gasteiger partial charge in [-0.3, -0.25) is 0 Å². The lowest BCUT2D eigenvalue weighted by molar-refractivity contribution is -0.132. The van der Waals surface area contributed by atoms with Crippen molar-refractivity contribution in [3.05, 3.63) is 48.6 Å². The summed E-state index contributed by atoms with van der Waals surface area (Å²) < 4.78 is 0. The summed E-state index contributed by atoms with van der Waals surface area (Å²) in [4.78, 5) is 19.5. The van der Waals surface area contributed by atoms with E-state index in [0.29, 0.717) is 0 Å². The SMILES string of the molecule is C/C=C/C=C/C(=O)O.C/C=C/C=C/C(=O)O. The van der Waals surface area contributed by atoms with Crippen LogP contribution in [0.1, 0.15) is 13.8 Å². The number of allylic oxidation sites excluding steroid dienone is 6. The van der Waals surface area contributed by atoms with Gasteiger partial charge in [-0.05, 0) is 13.8 Å². The zero-order valence-electron chi connectivity index (χ0n) is 9.33. The minimum atomic E-state index is -0.914. The van der Waals surface area contributed by atoms with E-state index in [4.69, 9.17) is 10.2 Å². The molecule has 0 fully saturated rings. The van der Waals surface area contributed by atoms with Crippen LogP contribution < -0.4 is 0 Å². The molecule has 0 aromatic carbocycles. The van der Waals surface area contributed by atoms with E-state index >= 15 is 0 Å². The lowest BCUT2D eigenvalue weighted by Crippen LogP contribution is -1.83. The number of carboxylic acid groups (broad SMARTS) is 2. The van der Waals surface area contributed by atoms with Crippen LogP contribution in [-0.4, -0.2) is 22.2 Å². The van der Waals surface area contributed by atoms with Gasteiger partial charge < -0.3 is 10.2 Å². The Kier molecular flexibility index (Phi) is 13.2. The zero-order valence-corrected chi connectivity index (χ0v) is 9.33. The molecule has 0 atom stereocenters. The molecule has 88 valence electrons. The molecule has 4 heteroatoms. The topological polar surface area (TPSA) is 74.6 Å².